The van der Waals surface area contributed by atoms with Crippen LogP contribution in [0.5, 0.6) is 5.75 Å². The number of hydrogen-bond donors (Lipinski definition) is 7. The van der Waals surface area contributed by atoms with Crippen LogP contribution in [0.4, 0.5) is 0 Å². The molecule has 0 saturated carbocycles. The van der Waals surface area contributed by atoms with Gasteiger partial charge >= 0.3 is 11.9 Å². The van der Waals surface area contributed by atoms with Gasteiger partial charge < -0.3 is 37.0 Å². The molecule has 0 fully saturated rings. The summed E-state index contributed by atoms with van der Waals surface area (Å²) in [5.74, 6) is -4.55. The second kappa shape index (κ2) is 15.6. The van der Waals surface area contributed by atoms with Gasteiger partial charge in [-0.1, -0.05) is 39.8 Å². The van der Waals surface area contributed by atoms with Crippen molar-refractivity contribution in [3.8, 4) is 5.75 Å². The highest BCUT2D eigenvalue weighted by Crippen LogP contribution is 2.12. The molecule has 4 atom stereocenters. The molecule has 0 aliphatic rings. The van der Waals surface area contributed by atoms with E-state index < -0.39 is 60.2 Å². The number of phenols is 1. The number of nitrogens with two attached hydrogens (primary N) is 1. The monoisotopic (exact) mass is 536 g/mol. The van der Waals surface area contributed by atoms with E-state index in [0.29, 0.717) is 5.56 Å². The van der Waals surface area contributed by atoms with Gasteiger partial charge in [0, 0.05) is 6.42 Å². The highest BCUT2D eigenvalue weighted by Gasteiger charge is 2.31. The minimum Gasteiger partial charge on any atom is -0.508 e. The first-order valence-corrected chi connectivity index (χ1v) is 12.6. The number of amides is 3. The van der Waals surface area contributed by atoms with Gasteiger partial charge in [0.05, 0.1) is 6.04 Å². The molecular weight excluding hydrogens is 496 g/mol. The van der Waals surface area contributed by atoms with Gasteiger partial charge in [0.2, 0.25) is 17.7 Å². The molecule has 1 rings (SSSR count). The fraction of sp³-hybridized carbons (Fsp3) is 0.577. The Morgan fingerprint density at radius 3 is 1.74 bits per heavy atom. The summed E-state index contributed by atoms with van der Waals surface area (Å²) in [5.41, 5.74) is 6.65. The van der Waals surface area contributed by atoms with Crippen LogP contribution in [0.25, 0.3) is 0 Å². The average molecular weight is 537 g/mol. The summed E-state index contributed by atoms with van der Waals surface area (Å²) < 4.78 is 0. The lowest BCUT2D eigenvalue weighted by Gasteiger charge is -2.26. The molecule has 0 radical (unpaired) electrons. The van der Waals surface area contributed by atoms with Crippen LogP contribution >= 0.6 is 0 Å². The second-order valence-corrected chi connectivity index (χ2v) is 10.2. The van der Waals surface area contributed by atoms with Gasteiger partial charge in [-0.05, 0) is 55.2 Å². The van der Waals surface area contributed by atoms with Crippen LogP contribution in [0.1, 0.15) is 58.9 Å². The number of carbonyl (C=O) groups is 5. The molecule has 12 heteroatoms. The fourth-order valence-electron chi connectivity index (χ4n) is 3.73. The molecule has 4 unspecified atom stereocenters. The van der Waals surface area contributed by atoms with Crippen molar-refractivity contribution in [3.05, 3.63) is 29.8 Å². The number of aromatic hydroxyl groups is 1. The molecule has 0 aliphatic carbocycles. The summed E-state index contributed by atoms with van der Waals surface area (Å²) in [6, 6.07) is 1.46. The maximum absolute atomic E-state index is 13.1. The molecule has 3 amide bonds. The van der Waals surface area contributed by atoms with Gasteiger partial charge in [0.25, 0.3) is 0 Å². The minimum atomic E-state index is -1.29. The molecule has 0 saturated heterocycles. The molecule has 0 heterocycles. The van der Waals surface area contributed by atoms with Gasteiger partial charge in [-0.3, -0.25) is 19.2 Å². The normalized spacial score (nSPS) is 14.3. The Labute approximate surface area is 222 Å². The lowest BCUT2D eigenvalue weighted by molar-refractivity contribution is -0.143. The zero-order chi connectivity index (χ0) is 29.0. The van der Waals surface area contributed by atoms with Crippen molar-refractivity contribution in [1.82, 2.24) is 16.0 Å². The third kappa shape index (κ3) is 12.0. The van der Waals surface area contributed by atoms with E-state index in [2.05, 4.69) is 16.0 Å². The van der Waals surface area contributed by atoms with Crippen LogP contribution in [0, 0.1) is 11.8 Å². The topological polar surface area (TPSA) is 208 Å². The number of carbonyl (C=O) groups excluding carboxylic acids is 3. The van der Waals surface area contributed by atoms with Crippen molar-refractivity contribution in [1.29, 1.82) is 0 Å². The summed E-state index contributed by atoms with van der Waals surface area (Å²) in [7, 11) is 0. The molecule has 1 aromatic rings. The number of benzene rings is 1. The van der Waals surface area contributed by atoms with Crippen LogP contribution < -0.4 is 21.7 Å². The number of phenolic OH excluding ortho intramolecular Hbond substituents is 1. The number of hydrogen-bond acceptors (Lipinski definition) is 7. The Balaban J connectivity index is 3.00. The van der Waals surface area contributed by atoms with E-state index in [1.165, 1.54) is 12.1 Å². The van der Waals surface area contributed by atoms with Crippen LogP contribution in [-0.2, 0) is 30.4 Å². The lowest BCUT2D eigenvalue weighted by atomic mass is 10.00. The van der Waals surface area contributed by atoms with E-state index in [1.807, 2.05) is 27.7 Å². The molecule has 0 spiro atoms. The van der Waals surface area contributed by atoms with E-state index in [9.17, 15) is 34.2 Å². The molecule has 38 heavy (non-hydrogen) atoms. The Morgan fingerprint density at radius 1 is 0.763 bits per heavy atom. The number of aliphatic carboxylic acids is 2. The maximum Gasteiger partial charge on any atom is 0.326 e. The van der Waals surface area contributed by atoms with Crippen molar-refractivity contribution >= 4 is 29.7 Å². The van der Waals surface area contributed by atoms with Crippen LogP contribution in [-0.4, -0.2) is 69.1 Å². The first-order chi connectivity index (χ1) is 17.7. The molecule has 1 aromatic carbocycles. The molecule has 212 valence electrons. The Bertz CT molecular complexity index is 964. The van der Waals surface area contributed by atoms with Crippen molar-refractivity contribution < 1.29 is 39.3 Å². The first-order valence-electron chi connectivity index (χ1n) is 12.6. The minimum absolute atomic E-state index is 0.00376. The molecule has 8 N–H and O–H groups in total. The first kappa shape index (κ1) is 32.4. The zero-order valence-electron chi connectivity index (χ0n) is 22.3. The predicted octanol–water partition coefficient (Wildman–Crippen LogP) is 0.758. The summed E-state index contributed by atoms with van der Waals surface area (Å²) in [6.07, 6.45) is -0.197. The van der Waals surface area contributed by atoms with Gasteiger partial charge in [0.15, 0.2) is 0 Å². The number of nitrogens with one attached hydrogen (secondary N) is 3. The van der Waals surface area contributed by atoms with Crippen molar-refractivity contribution in [2.24, 2.45) is 17.6 Å². The smallest absolute Gasteiger partial charge is 0.326 e. The second-order valence-electron chi connectivity index (χ2n) is 10.2. The van der Waals surface area contributed by atoms with Crippen LogP contribution in [0.3, 0.4) is 0 Å². The number of rotatable bonds is 16. The average Bonchev–Trinajstić information content (AvgIpc) is 2.81. The summed E-state index contributed by atoms with van der Waals surface area (Å²) in [4.78, 5) is 61.6. The largest absolute Gasteiger partial charge is 0.508 e. The Hall–Kier alpha value is -3.67. The highest BCUT2D eigenvalue weighted by atomic mass is 16.4. The zero-order valence-corrected chi connectivity index (χ0v) is 22.3. The third-order valence-corrected chi connectivity index (χ3v) is 5.67. The van der Waals surface area contributed by atoms with E-state index in [0.717, 1.165) is 0 Å². The van der Waals surface area contributed by atoms with Gasteiger partial charge in [0.1, 0.15) is 23.9 Å². The molecular formula is C26H40N4O8. The Morgan fingerprint density at radius 2 is 1.24 bits per heavy atom. The SMILES string of the molecule is CC(C)CC(NC(=O)C(CC(C)C)NC(=O)C(CCC(=O)O)NC(=O)C(N)Cc1ccc(O)cc1)C(=O)O. The van der Waals surface area contributed by atoms with E-state index in [4.69, 9.17) is 10.8 Å². The van der Waals surface area contributed by atoms with Crippen LogP contribution in [0.15, 0.2) is 24.3 Å². The molecule has 0 aliphatic heterocycles. The van der Waals surface area contributed by atoms with E-state index in [1.54, 1.807) is 12.1 Å². The van der Waals surface area contributed by atoms with E-state index in [-0.39, 0.29) is 43.3 Å². The fourth-order valence-corrected chi connectivity index (χ4v) is 3.73. The summed E-state index contributed by atoms with van der Waals surface area (Å²) in [6.45, 7) is 7.28. The maximum atomic E-state index is 13.1. The van der Waals surface area contributed by atoms with E-state index >= 15 is 0 Å². The van der Waals surface area contributed by atoms with Crippen LogP contribution in [0.2, 0.25) is 0 Å². The van der Waals surface area contributed by atoms with Crippen molar-refractivity contribution in [2.45, 2.75) is 84.0 Å². The lowest BCUT2D eigenvalue weighted by Crippen LogP contribution is -2.57. The van der Waals surface area contributed by atoms with Crippen molar-refractivity contribution in [3.63, 3.8) is 0 Å². The standard InChI is InChI=1S/C26H40N4O8/c1-14(2)11-20(25(36)30-21(26(37)38)12-15(3)4)29-24(35)19(9-10-22(32)33)28-23(34)18(27)13-16-5-7-17(31)8-6-16/h5-8,14-15,18-21,31H,9-13,27H2,1-4H3,(H,28,34)(H,29,35)(H,30,36)(H,32,33)(H,37,38). The Kier molecular flexibility index (Phi) is 13.2. The van der Waals surface area contributed by atoms with Gasteiger partial charge in [-0.25, -0.2) is 4.79 Å². The molecule has 0 bridgehead atoms. The molecule has 0 aromatic heterocycles. The van der Waals surface area contributed by atoms with Crippen molar-refractivity contribution in [2.75, 3.05) is 0 Å². The van der Waals surface area contributed by atoms with Gasteiger partial charge in [-0.2, -0.15) is 0 Å². The third-order valence-electron chi connectivity index (χ3n) is 5.67. The summed E-state index contributed by atoms with van der Waals surface area (Å²) in [5, 5.41) is 35.5. The van der Waals surface area contributed by atoms with Gasteiger partial charge in [-0.15, -0.1) is 0 Å². The highest BCUT2D eigenvalue weighted by molar-refractivity contribution is 5.94. The number of carboxylic acids is 2. The quantitative estimate of drug-likeness (QED) is 0.159. The molecule has 12 nitrogen and oxygen atoms in total. The number of carboxylic acid groups (broad SMARTS) is 2. The summed E-state index contributed by atoms with van der Waals surface area (Å²) >= 11 is 0. The predicted molar refractivity (Wildman–Crippen MR) is 139 cm³/mol.